The Hall–Kier alpha value is 0.460. The molecule has 13 nitrogen and oxygen atoms in total. The molecular weight excluding hydrogens is 1520 g/mol. The van der Waals surface area contributed by atoms with Crippen LogP contribution in [-0.2, 0) is 20.0 Å². The largest absolute Gasteiger partial charge is 1.00 e. The SMILES string of the molecule is BrCCCCCCBr.CCCCCCCC[N+](C)(C)C.CCCCCCC[N+](C)(C)C.CCCCCCC[N+](C)(C)C.CCCCCCC[N+](C)(C)C.CCCCCCN1C=CN(C)C1.CN(C)CCCCCCN(C)C.O=S(=O)([N-]S(=O)(=O)C(F)(F)F)C(F)(F)F.[Br-].[Br-]. The summed E-state index contributed by atoms with van der Waals surface area (Å²) in [7, 11) is 24.4. The minimum atomic E-state index is -6.72. The van der Waals surface area contributed by atoms with E-state index in [-0.39, 0.29) is 34.0 Å². The fourth-order valence-electron chi connectivity index (χ4n) is 8.38. The summed E-state index contributed by atoms with van der Waals surface area (Å²) in [6.07, 6.45) is 50.1. The number of sulfonamides is 2. The molecule has 0 aromatic rings. The lowest BCUT2D eigenvalue weighted by molar-refractivity contribution is -0.870. The standard InChI is InChI=1S/C11H26N.C10H20N2.C10H24N2.3C10H24N.C6H12Br2.C2F6NO4S2.2BrH/c1-5-6-7-8-9-10-11-12(2,3)4;1-3-4-5-6-7-12-9-8-11(2)10-12;1-11(2)9-7-5-6-8-10-12(3)4;3*1-5-6-7-8-9-10-11(2,3)4;7-5-3-1-2-4-6-8;3-1(4,5)14(10,11)9-15(12,13)2(6,7)8;;/h5-11H2,1-4H3;8-9H,3-7,10H2,1-2H3;5-10H2,1-4H3;3*5-10H2,1-4H3;1-6H2;;2*1H/q+1;;;3*+1;;-1;;/p-2. The fraction of sp³-hybridized carbons (Fsp3) is 0.971. The van der Waals surface area contributed by atoms with Crippen LogP contribution in [0.2, 0.25) is 0 Å². The lowest BCUT2D eigenvalue weighted by Gasteiger charge is -2.23. The summed E-state index contributed by atoms with van der Waals surface area (Å²) in [5.41, 5.74) is -12.4. The Balaban J connectivity index is -0.000000126. The van der Waals surface area contributed by atoms with Crippen molar-refractivity contribution in [3.05, 3.63) is 16.5 Å². The summed E-state index contributed by atoms with van der Waals surface area (Å²) in [6, 6.07) is 0. The summed E-state index contributed by atoms with van der Waals surface area (Å²) >= 11 is 6.78. The monoisotopic (exact) mass is 1670 g/mol. The topological polar surface area (TPSA) is 95.3 Å². The van der Waals surface area contributed by atoms with E-state index in [2.05, 4.69) is 218 Å². The highest BCUT2D eigenvalue weighted by Gasteiger charge is 2.47. The molecule has 0 radical (unpaired) electrons. The normalized spacial score (nSPS) is 12.6. The number of hydrogen-bond donors (Lipinski definition) is 0. The molecule has 0 aromatic heterocycles. The van der Waals surface area contributed by atoms with Gasteiger partial charge < -0.3 is 75.6 Å². The molecule has 94 heavy (non-hydrogen) atoms. The Morgan fingerprint density at radius 2 is 0.606 bits per heavy atom. The van der Waals surface area contributed by atoms with E-state index < -0.39 is 31.1 Å². The Morgan fingerprint density at radius 1 is 0.383 bits per heavy atom. The predicted molar refractivity (Wildman–Crippen MR) is 399 cm³/mol. The number of nitrogens with zero attached hydrogens (tertiary/aromatic N) is 9. The van der Waals surface area contributed by atoms with Gasteiger partial charge in [0.2, 0.25) is 0 Å². The van der Waals surface area contributed by atoms with E-state index >= 15 is 0 Å². The van der Waals surface area contributed by atoms with Crippen molar-refractivity contribution in [1.82, 2.24) is 19.6 Å². The summed E-state index contributed by atoms with van der Waals surface area (Å²) in [6.45, 7) is 21.4. The first kappa shape index (κ1) is 113. The Bertz CT molecular complexity index is 1670. The van der Waals surface area contributed by atoms with Gasteiger partial charge in [-0.3, -0.25) is 0 Å². The molecule has 0 N–H and O–H groups in total. The van der Waals surface area contributed by atoms with E-state index in [1.54, 1.807) is 0 Å². The van der Waals surface area contributed by atoms with Crippen LogP contribution >= 0.6 is 31.9 Å². The summed E-state index contributed by atoms with van der Waals surface area (Å²) < 4.78 is 114. The van der Waals surface area contributed by atoms with Gasteiger partial charge in [0.05, 0.1) is 117 Å². The van der Waals surface area contributed by atoms with Crippen LogP contribution in [0.3, 0.4) is 0 Å². The summed E-state index contributed by atoms with van der Waals surface area (Å²) in [5.74, 6) is 0. The Kier molecular flexibility index (Phi) is 84.7. The molecule has 0 amide bonds. The van der Waals surface area contributed by atoms with Crippen LogP contribution in [-0.4, -0.2) is 248 Å². The first-order valence-corrected chi connectivity index (χ1v) is 40.6. The van der Waals surface area contributed by atoms with Gasteiger partial charge in [0.25, 0.3) is 0 Å². The number of rotatable bonds is 44. The van der Waals surface area contributed by atoms with E-state index in [1.807, 2.05) is 0 Å². The van der Waals surface area contributed by atoms with Crippen LogP contribution in [0.1, 0.15) is 247 Å². The molecule has 0 aromatic carbocycles. The zero-order valence-electron chi connectivity index (χ0n) is 64.8. The zero-order valence-corrected chi connectivity index (χ0v) is 72.8. The molecule has 1 rings (SSSR count). The molecule has 0 fully saturated rings. The van der Waals surface area contributed by atoms with Gasteiger partial charge in [0, 0.05) is 36.7 Å². The van der Waals surface area contributed by atoms with Crippen LogP contribution in [0.25, 0.3) is 4.13 Å². The molecule has 0 spiro atoms. The second-order valence-corrected chi connectivity index (χ2v) is 34.4. The van der Waals surface area contributed by atoms with Gasteiger partial charge in [-0.2, -0.15) is 26.3 Å². The lowest BCUT2D eigenvalue weighted by Crippen LogP contribution is -3.00. The first-order chi connectivity index (χ1) is 42.3. The van der Waals surface area contributed by atoms with Crippen LogP contribution in [0.4, 0.5) is 26.3 Å². The smallest absolute Gasteiger partial charge is 0.480 e. The third-order valence-electron chi connectivity index (χ3n) is 14.0. The number of quaternary nitrogens is 4. The molecule has 0 unspecified atom stereocenters. The second kappa shape index (κ2) is 70.5. The molecule has 1 aliphatic heterocycles. The van der Waals surface area contributed by atoms with Gasteiger partial charge in [-0.25, -0.2) is 16.8 Å². The van der Waals surface area contributed by atoms with Crippen molar-refractivity contribution in [3.8, 4) is 0 Å². The quantitative estimate of drug-likeness (QED) is 0.0258. The minimum absolute atomic E-state index is 0. The molecular formula is C69H154Br4F6N9O4S2+. The van der Waals surface area contributed by atoms with E-state index in [0.29, 0.717) is 0 Å². The van der Waals surface area contributed by atoms with Crippen molar-refractivity contribution >= 4 is 51.9 Å². The highest BCUT2D eigenvalue weighted by molar-refractivity contribution is 9.09. The third kappa shape index (κ3) is 103. The van der Waals surface area contributed by atoms with Gasteiger partial charge in [-0.05, 0) is 125 Å². The number of unbranched alkanes of at least 4 members (excludes halogenated alkanes) is 26. The van der Waals surface area contributed by atoms with E-state index in [1.165, 1.54) is 258 Å². The number of hydrogen-bond acceptors (Lipinski definition) is 8. The summed E-state index contributed by atoms with van der Waals surface area (Å²) in [5, 5.41) is 2.32. The highest BCUT2D eigenvalue weighted by atomic mass is 79.9. The predicted octanol–water partition coefficient (Wildman–Crippen LogP) is 13.4. The first-order valence-electron chi connectivity index (χ1n) is 35.4. The molecule has 0 saturated heterocycles. The van der Waals surface area contributed by atoms with Crippen molar-refractivity contribution in [1.29, 1.82) is 0 Å². The molecule has 1 heterocycles. The highest BCUT2D eigenvalue weighted by Crippen LogP contribution is 2.36. The maximum atomic E-state index is 11.4. The molecule has 25 heteroatoms. The van der Waals surface area contributed by atoms with Gasteiger partial charge >= 0.3 is 11.0 Å². The van der Waals surface area contributed by atoms with Crippen molar-refractivity contribution < 1.29 is 95.1 Å². The average molecular weight is 1670 g/mol. The Morgan fingerprint density at radius 3 is 0.809 bits per heavy atom. The van der Waals surface area contributed by atoms with Crippen molar-refractivity contribution in [2.75, 3.05) is 183 Å². The van der Waals surface area contributed by atoms with Gasteiger partial charge in [0.15, 0.2) is 20.0 Å². The average Bonchev–Trinajstić information content (AvgIpc) is 0.908. The van der Waals surface area contributed by atoms with Crippen molar-refractivity contribution in [3.63, 3.8) is 0 Å². The second-order valence-electron chi connectivity index (χ2n) is 29.4. The van der Waals surface area contributed by atoms with Gasteiger partial charge in [0.1, 0.15) is 0 Å². The third-order valence-corrected chi connectivity index (χ3v) is 17.8. The summed E-state index contributed by atoms with van der Waals surface area (Å²) in [4.78, 5) is 9.09. The van der Waals surface area contributed by atoms with Gasteiger partial charge in [-0.1, -0.05) is 195 Å². The maximum Gasteiger partial charge on any atom is 0.480 e. The maximum absolute atomic E-state index is 11.4. The van der Waals surface area contributed by atoms with Crippen LogP contribution < -0.4 is 34.0 Å². The molecule has 580 valence electrons. The van der Waals surface area contributed by atoms with E-state index in [4.69, 9.17) is 0 Å². The molecule has 0 bridgehead atoms. The number of alkyl halides is 8. The fourth-order valence-corrected chi connectivity index (χ4v) is 10.9. The molecule has 1 aliphatic rings. The lowest BCUT2D eigenvalue weighted by atomic mass is 10.1. The van der Waals surface area contributed by atoms with Crippen molar-refractivity contribution in [2.24, 2.45) is 0 Å². The van der Waals surface area contributed by atoms with E-state index in [9.17, 15) is 43.2 Å². The van der Waals surface area contributed by atoms with Crippen LogP contribution in [0.5, 0.6) is 0 Å². The zero-order chi connectivity index (χ0) is 72.8. The number of halogens is 10. The Labute approximate surface area is 619 Å². The van der Waals surface area contributed by atoms with Crippen LogP contribution in [0.15, 0.2) is 12.4 Å². The van der Waals surface area contributed by atoms with E-state index in [0.717, 1.165) is 39.4 Å². The molecule has 0 aliphatic carbocycles. The van der Waals surface area contributed by atoms with Crippen LogP contribution in [0, 0.1) is 0 Å². The molecule has 0 atom stereocenters. The molecule has 0 saturated carbocycles. The minimum Gasteiger partial charge on any atom is -1.00 e. The van der Waals surface area contributed by atoms with Crippen molar-refractivity contribution in [2.45, 2.75) is 258 Å². The van der Waals surface area contributed by atoms with Gasteiger partial charge in [-0.15, -0.1) is 0 Å².